The van der Waals surface area contributed by atoms with E-state index < -0.39 is 10.0 Å². The van der Waals surface area contributed by atoms with E-state index in [0.29, 0.717) is 31.9 Å². The third-order valence-electron chi connectivity index (χ3n) is 4.40. The topological polar surface area (TPSA) is 75.6 Å². The summed E-state index contributed by atoms with van der Waals surface area (Å²) in [5.41, 5.74) is 0.970. The van der Waals surface area contributed by atoms with Crippen LogP contribution in [0.25, 0.3) is 0 Å². The number of anilines is 1. The van der Waals surface area contributed by atoms with Gasteiger partial charge < -0.3 is 9.64 Å². The monoisotopic (exact) mass is 396 g/mol. The molecule has 9 heteroatoms. The standard InChI is InChI=1S/C17H21ClN4O3S/c1-3-13-10-17(20-12-19-13)21-6-8-22(9-7-21)26(23,24)14-4-5-16(25-2)15(18)11-14/h4-5,10-12H,3,6-9H2,1-2H3. The molecule has 1 aromatic carbocycles. The second-order valence-electron chi connectivity index (χ2n) is 5.91. The van der Waals surface area contributed by atoms with Gasteiger partial charge in [0.1, 0.15) is 17.9 Å². The van der Waals surface area contributed by atoms with E-state index in [4.69, 9.17) is 16.3 Å². The fraction of sp³-hybridized carbons (Fsp3) is 0.412. The van der Waals surface area contributed by atoms with Crippen LogP contribution in [0.1, 0.15) is 12.6 Å². The van der Waals surface area contributed by atoms with Crippen molar-refractivity contribution >= 4 is 27.4 Å². The number of sulfonamides is 1. The lowest BCUT2D eigenvalue weighted by Gasteiger charge is -2.34. The summed E-state index contributed by atoms with van der Waals surface area (Å²) in [6.45, 7) is 3.96. The average Bonchev–Trinajstić information content (AvgIpc) is 2.68. The molecule has 3 rings (SSSR count). The molecule has 0 amide bonds. The molecule has 0 bridgehead atoms. The molecule has 1 saturated heterocycles. The first-order chi connectivity index (χ1) is 12.5. The van der Waals surface area contributed by atoms with Crippen molar-refractivity contribution in [1.29, 1.82) is 0 Å². The number of methoxy groups -OCH3 is 1. The molecule has 0 spiro atoms. The second kappa shape index (κ2) is 7.77. The van der Waals surface area contributed by atoms with Gasteiger partial charge in [-0.25, -0.2) is 18.4 Å². The Kier molecular flexibility index (Phi) is 5.64. The number of hydrogen-bond donors (Lipinski definition) is 0. The Hall–Kier alpha value is -1.90. The van der Waals surface area contributed by atoms with Gasteiger partial charge in [0, 0.05) is 37.9 Å². The van der Waals surface area contributed by atoms with Crippen molar-refractivity contribution in [3.8, 4) is 5.75 Å². The van der Waals surface area contributed by atoms with E-state index in [1.165, 1.54) is 23.5 Å². The van der Waals surface area contributed by atoms with Crippen molar-refractivity contribution < 1.29 is 13.2 Å². The molecule has 1 aromatic heterocycles. The second-order valence-corrected chi connectivity index (χ2v) is 8.25. The smallest absolute Gasteiger partial charge is 0.243 e. The van der Waals surface area contributed by atoms with E-state index in [1.807, 2.05) is 13.0 Å². The van der Waals surface area contributed by atoms with Crippen molar-refractivity contribution in [1.82, 2.24) is 14.3 Å². The Morgan fingerprint density at radius 3 is 2.50 bits per heavy atom. The Morgan fingerprint density at radius 1 is 1.15 bits per heavy atom. The van der Waals surface area contributed by atoms with Crippen LogP contribution < -0.4 is 9.64 Å². The van der Waals surface area contributed by atoms with Gasteiger partial charge in [-0.05, 0) is 24.6 Å². The molecule has 2 aromatic rings. The molecule has 1 aliphatic rings. The highest BCUT2D eigenvalue weighted by Gasteiger charge is 2.29. The summed E-state index contributed by atoms with van der Waals surface area (Å²) in [7, 11) is -2.10. The fourth-order valence-electron chi connectivity index (χ4n) is 2.87. The molecule has 1 fully saturated rings. The van der Waals surface area contributed by atoms with E-state index in [2.05, 4.69) is 14.9 Å². The predicted molar refractivity (Wildman–Crippen MR) is 100 cm³/mol. The van der Waals surface area contributed by atoms with Crippen LogP contribution in [0.2, 0.25) is 5.02 Å². The zero-order valence-electron chi connectivity index (χ0n) is 14.7. The van der Waals surface area contributed by atoms with Gasteiger partial charge in [-0.3, -0.25) is 0 Å². The minimum atomic E-state index is -3.59. The van der Waals surface area contributed by atoms with E-state index in [1.54, 1.807) is 12.4 Å². The van der Waals surface area contributed by atoms with Gasteiger partial charge in [-0.15, -0.1) is 0 Å². The van der Waals surface area contributed by atoms with Gasteiger partial charge in [0.25, 0.3) is 0 Å². The molecule has 0 N–H and O–H groups in total. The minimum Gasteiger partial charge on any atom is -0.495 e. The van der Waals surface area contributed by atoms with Crippen LogP contribution in [-0.4, -0.2) is 56.0 Å². The lowest BCUT2D eigenvalue weighted by atomic mass is 10.3. The summed E-state index contributed by atoms with van der Waals surface area (Å²) in [6, 6.07) is 6.47. The Bertz CT molecular complexity index is 883. The van der Waals surface area contributed by atoms with E-state index in [9.17, 15) is 8.42 Å². The number of hydrogen-bond acceptors (Lipinski definition) is 6. The number of ether oxygens (including phenoxy) is 1. The molecule has 26 heavy (non-hydrogen) atoms. The summed E-state index contributed by atoms with van der Waals surface area (Å²) >= 11 is 6.08. The van der Waals surface area contributed by atoms with Crippen LogP contribution in [0.5, 0.6) is 5.75 Å². The highest BCUT2D eigenvalue weighted by Crippen LogP contribution is 2.29. The highest BCUT2D eigenvalue weighted by atomic mass is 35.5. The number of rotatable bonds is 5. The lowest BCUT2D eigenvalue weighted by Crippen LogP contribution is -2.49. The Balaban J connectivity index is 1.73. The predicted octanol–water partition coefficient (Wildman–Crippen LogP) is 2.21. The fourth-order valence-corrected chi connectivity index (χ4v) is 4.64. The maximum atomic E-state index is 12.9. The van der Waals surface area contributed by atoms with E-state index in [0.717, 1.165) is 17.9 Å². The zero-order valence-corrected chi connectivity index (χ0v) is 16.3. The summed E-state index contributed by atoms with van der Waals surface area (Å²) in [5, 5.41) is 0.278. The van der Waals surface area contributed by atoms with Gasteiger partial charge in [0.2, 0.25) is 10.0 Å². The van der Waals surface area contributed by atoms with Gasteiger partial charge in [0.15, 0.2) is 0 Å². The Morgan fingerprint density at radius 2 is 1.88 bits per heavy atom. The number of halogens is 1. The number of benzene rings is 1. The largest absolute Gasteiger partial charge is 0.495 e. The molecule has 0 saturated carbocycles. The van der Waals surface area contributed by atoms with Crippen molar-refractivity contribution in [2.24, 2.45) is 0 Å². The SMILES string of the molecule is CCc1cc(N2CCN(S(=O)(=O)c3ccc(OC)c(Cl)c3)CC2)ncn1. The molecule has 0 unspecified atom stereocenters. The average molecular weight is 397 g/mol. The van der Waals surface area contributed by atoms with Crippen LogP contribution in [0, 0.1) is 0 Å². The molecule has 7 nitrogen and oxygen atoms in total. The van der Waals surface area contributed by atoms with Crippen LogP contribution in [0.3, 0.4) is 0 Å². The van der Waals surface area contributed by atoms with Crippen molar-refractivity contribution in [3.05, 3.63) is 41.3 Å². The third-order valence-corrected chi connectivity index (χ3v) is 6.59. The molecular formula is C17H21ClN4O3S. The third kappa shape index (κ3) is 3.77. The summed E-state index contributed by atoms with van der Waals surface area (Å²) in [6.07, 6.45) is 2.39. The van der Waals surface area contributed by atoms with Gasteiger partial charge in [-0.2, -0.15) is 4.31 Å². The molecule has 1 aliphatic heterocycles. The highest BCUT2D eigenvalue weighted by molar-refractivity contribution is 7.89. The van der Waals surface area contributed by atoms with Gasteiger partial charge in [-0.1, -0.05) is 18.5 Å². The number of nitrogens with zero attached hydrogens (tertiary/aromatic N) is 4. The van der Waals surface area contributed by atoms with E-state index >= 15 is 0 Å². The summed E-state index contributed by atoms with van der Waals surface area (Å²) in [4.78, 5) is 10.8. The van der Waals surface area contributed by atoms with Gasteiger partial charge >= 0.3 is 0 Å². The number of piperazine rings is 1. The molecule has 0 radical (unpaired) electrons. The molecule has 140 valence electrons. The maximum Gasteiger partial charge on any atom is 0.243 e. The normalized spacial score (nSPS) is 15.9. The molecule has 2 heterocycles. The van der Waals surface area contributed by atoms with Gasteiger partial charge in [0.05, 0.1) is 17.0 Å². The number of aryl methyl sites for hydroxylation is 1. The first-order valence-corrected chi connectivity index (χ1v) is 10.2. The summed E-state index contributed by atoms with van der Waals surface area (Å²) < 4.78 is 32.3. The molecular weight excluding hydrogens is 376 g/mol. The summed E-state index contributed by atoms with van der Waals surface area (Å²) in [5.74, 6) is 1.28. The zero-order chi connectivity index (χ0) is 18.7. The lowest BCUT2D eigenvalue weighted by molar-refractivity contribution is 0.383. The Labute approximate surface area is 158 Å². The van der Waals surface area contributed by atoms with Crippen LogP contribution in [0.4, 0.5) is 5.82 Å². The maximum absolute atomic E-state index is 12.9. The van der Waals surface area contributed by atoms with Crippen molar-refractivity contribution in [2.45, 2.75) is 18.2 Å². The van der Waals surface area contributed by atoms with E-state index in [-0.39, 0.29) is 9.92 Å². The first-order valence-electron chi connectivity index (χ1n) is 8.35. The molecule has 0 atom stereocenters. The number of aromatic nitrogens is 2. The van der Waals surface area contributed by atoms with Crippen molar-refractivity contribution in [3.63, 3.8) is 0 Å². The minimum absolute atomic E-state index is 0.173. The van der Waals surface area contributed by atoms with Crippen LogP contribution >= 0.6 is 11.6 Å². The molecule has 0 aliphatic carbocycles. The quantitative estimate of drug-likeness (QED) is 0.771. The van der Waals surface area contributed by atoms with Crippen molar-refractivity contribution in [2.75, 3.05) is 38.2 Å². The first kappa shape index (κ1) is 18.9. The van der Waals surface area contributed by atoms with Crippen LogP contribution in [-0.2, 0) is 16.4 Å². The van der Waals surface area contributed by atoms with Crippen LogP contribution in [0.15, 0.2) is 35.5 Å².